The van der Waals surface area contributed by atoms with E-state index in [0.29, 0.717) is 18.7 Å². The number of benzene rings is 2. The van der Waals surface area contributed by atoms with E-state index in [0.717, 1.165) is 20.6 Å². The molecule has 1 nitrogen and oxygen atoms in total. The Morgan fingerprint density at radius 2 is 1.84 bits per heavy atom. The number of hydrogen-bond donors (Lipinski definition) is 1. The van der Waals surface area contributed by atoms with Crippen LogP contribution in [-0.2, 0) is 13.1 Å². The number of aryl methyl sites for hydroxylation is 1. The third-order valence-corrected chi connectivity index (χ3v) is 3.69. The molecule has 0 radical (unpaired) electrons. The van der Waals surface area contributed by atoms with Crippen molar-refractivity contribution < 1.29 is 4.39 Å². The molecule has 0 fully saturated rings. The highest BCUT2D eigenvalue weighted by Crippen LogP contribution is 2.18. The van der Waals surface area contributed by atoms with Gasteiger partial charge in [-0.05, 0) is 42.3 Å². The molecule has 1 N–H and O–H groups in total. The summed E-state index contributed by atoms with van der Waals surface area (Å²) in [6.45, 7) is 3.08. The SMILES string of the molecule is Cc1ccc(CNCc2cc(Br)ccc2F)c(Cl)c1. The average molecular weight is 343 g/mol. The first-order chi connectivity index (χ1) is 9.06. The number of rotatable bonds is 4. The molecule has 4 heteroatoms. The lowest BCUT2D eigenvalue weighted by molar-refractivity contribution is 0.587. The van der Waals surface area contributed by atoms with Crippen molar-refractivity contribution in [3.05, 3.63) is 68.4 Å². The van der Waals surface area contributed by atoms with E-state index in [2.05, 4.69) is 21.2 Å². The number of nitrogens with one attached hydrogen (secondary N) is 1. The molecule has 0 saturated carbocycles. The van der Waals surface area contributed by atoms with Crippen LogP contribution >= 0.6 is 27.5 Å². The summed E-state index contributed by atoms with van der Waals surface area (Å²) in [5.74, 6) is -0.203. The van der Waals surface area contributed by atoms with Crippen molar-refractivity contribution in [2.75, 3.05) is 0 Å². The van der Waals surface area contributed by atoms with Crippen LogP contribution in [0, 0.1) is 12.7 Å². The Labute approximate surface area is 125 Å². The smallest absolute Gasteiger partial charge is 0.127 e. The van der Waals surface area contributed by atoms with Gasteiger partial charge >= 0.3 is 0 Å². The Morgan fingerprint density at radius 3 is 2.58 bits per heavy atom. The summed E-state index contributed by atoms with van der Waals surface area (Å²) >= 11 is 9.48. The zero-order chi connectivity index (χ0) is 13.8. The van der Waals surface area contributed by atoms with E-state index in [1.165, 1.54) is 6.07 Å². The van der Waals surface area contributed by atoms with Gasteiger partial charge in [0.15, 0.2) is 0 Å². The number of halogens is 3. The summed E-state index contributed by atoms with van der Waals surface area (Å²) in [7, 11) is 0. The average Bonchev–Trinajstić information content (AvgIpc) is 2.36. The predicted molar refractivity (Wildman–Crippen MR) is 80.8 cm³/mol. The highest BCUT2D eigenvalue weighted by molar-refractivity contribution is 9.10. The minimum Gasteiger partial charge on any atom is -0.308 e. The molecular weight excluding hydrogens is 329 g/mol. The molecule has 0 heterocycles. The van der Waals surface area contributed by atoms with E-state index in [1.807, 2.05) is 25.1 Å². The highest BCUT2D eigenvalue weighted by atomic mass is 79.9. The minimum atomic E-state index is -0.203. The van der Waals surface area contributed by atoms with Crippen LogP contribution in [0.5, 0.6) is 0 Å². The molecule has 0 saturated heterocycles. The van der Waals surface area contributed by atoms with E-state index in [4.69, 9.17) is 11.6 Å². The Bertz CT molecular complexity index is 586. The van der Waals surface area contributed by atoms with Crippen LogP contribution in [0.3, 0.4) is 0 Å². The van der Waals surface area contributed by atoms with Crippen molar-refractivity contribution >= 4 is 27.5 Å². The van der Waals surface area contributed by atoms with Crippen molar-refractivity contribution in [3.8, 4) is 0 Å². The molecule has 2 aromatic rings. The fourth-order valence-corrected chi connectivity index (χ4v) is 2.52. The van der Waals surface area contributed by atoms with Gasteiger partial charge in [0.2, 0.25) is 0 Å². The summed E-state index contributed by atoms with van der Waals surface area (Å²) in [5.41, 5.74) is 2.78. The van der Waals surface area contributed by atoms with Gasteiger partial charge in [0.1, 0.15) is 5.82 Å². The lowest BCUT2D eigenvalue weighted by Gasteiger charge is -2.08. The standard InChI is InChI=1S/C15H14BrClFN/c1-10-2-3-11(14(17)6-10)8-19-9-12-7-13(16)4-5-15(12)18/h2-7,19H,8-9H2,1H3. The van der Waals surface area contributed by atoms with Crippen LogP contribution in [0.4, 0.5) is 4.39 Å². The van der Waals surface area contributed by atoms with Crippen molar-refractivity contribution in [1.82, 2.24) is 5.32 Å². The minimum absolute atomic E-state index is 0.203. The zero-order valence-electron chi connectivity index (χ0n) is 10.5. The Balaban J connectivity index is 1.98. The molecule has 0 aliphatic heterocycles. The molecule has 19 heavy (non-hydrogen) atoms. The summed E-state index contributed by atoms with van der Waals surface area (Å²) in [5, 5.41) is 3.94. The van der Waals surface area contributed by atoms with Gasteiger partial charge in [0.25, 0.3) is 0 Å². The predicted octanol–water partition coefficient (Wildman–Crippen LogP) is 4.84. The second-order valence-corrected chi connectivity index (χ2v) is 5.76. The molecule has 0 amide bonds. The molecule has 2 rings (SSSR count). The van der Waals surface area contributed by atoms with Crippen molar-refractivity contribution in [2.45, 2.75) is 20.0 Å². The van der Waals surface area contributed by atoms with Crippen molar-refractivity contribution in [2.24, 2.45) is 0 Å². The zero-order valence-corrected chi connectivity index (χ0v) is 12.9. The van der Waals surface area contributed by atoms with Gasteiger partial charge < -0.3 is 5.32 Å². The van der Waals surface area contributed by atoms with Crippen LogP contribution in [0.15, 0.2) is 40.9 Å². The maximum Gasteiger partial charge on any atom is 0.127 e. The third-order valence-electron chi connectivity index (χ3n) is 2.85. The van der Waals surface area contributed by atoms with Gasteiger partial charge in [-0.25, -0.2) is 4.39 Å². The molecule has 0 aromatic heterocycles. The third kappa shape index (κ3) is 4.03. The summed E-state index contributed by atoms with van der Waals surface area (Å²) < 4.78 is 14.4. The monoisotopic (exact) mass is 341 g/mol. The second-order valence-electron chi connectivity index (χ2n) is 4.43. The summed E-state index contributed by atoms with van der Waals surface area (Å²) in [4.78, 5) is 0. The van der Waals surface area contributed by atoms with Gasteiger partial charge in [0, 0.05) is 28.1 Å². The molecule has 2 aromatic carbocycles. The van der Waals surface area contributed by atoms with Crippen LogP contribution in [0.25, 0.3) is 0 Å². The van der Waals surface area contributed by atoms with E-state index in [-0.39, 0.29) is 5.82 Å². The van der Waals surface area contributed by atoms with Gasteiger partial charge in [-0.15, -0.1) is 0 Å². The highest BCUT2D eigenvalue weighted by Gasteiger charge is 2.04. The molecule has 0 spiro atoms. The van der Waals surface area contributed by atoms with E-state index < -0.39 is 0 Å². The van der Waals surface area contributed by atoms with E-state index >= 15 is 0 Å². The molecule has 0 unspecified atom stereocenters. The largest absolute Gasteiger partial charge is 0.308 e. The van der Waals surface area contributed by atoms with Crippen LogP contribution in [0.1, 0.15) is 16.7 Å². The Kier molecular flexibility index (Phi) is 4.97. The molecule has 0 atom stereocenters. The summed E-state index contributed by atoms with van der Waals surface area (Å²) in [6, 6.07) is 10.9. The second kappa shape index (κ2) is 6.51. The van der Waals surface area contributed by atoms with Crippen LogP contribution in [-0.4, -0.2) is 0 Å². The van der Waals surface area contributed by atoms with Gasteiger partial charge in [-0.1, -0.05) is 39.7 Å². The Hall–Kier alpha value is -0.900. The maximum atomic E-state index is 13.5. The molecular formula is C15H14BrClFN. The van der Waals surface area contributed by atoms with E-state index in [1.54, 1.807) is 12.1 Å². The van der Waals surface area contributed by atoms with Crippen LogP contribution < -0.4 is 5.32 Å². The fourth-order valence-electron chi connectivity index (χ4n) is 1.81. The van der Waals surface area contributed by atoms with Crippen LogP contribution in [0.2, 0.25) is 5.02 Å². The quantitative estimate of drug-likeness (QED) is 0.838. The maximum absolute atomic E-state index is 13.5. The topological polar surface area (TPSA) is 12.0 Å². The lowest BCUT2D eigenvalue weighted by atomic mass is 10.1. The number of hydrogen-bond acceptors (Lipinski definition) is 1. The first-order valence-electron chi connectivity index (χ1n) is 5.96. The van der Waals surface area contributed by atoms with Crippen molar-refractivity contribution in [1.29, 1.82) is 0 Å². The normalized spacial score (nSPS) is 10.7. The molecule has 0 aliphatic carbocycles. The van der Waals surface area contributed by atoms with Crippen molar-refractivity contribution in [3.63, 3.8) is 0 Å². The molecule has 100 valence electrons. The lowest BCUT2D eigenvalue weighted by Crippen LogP contribution is -2.14. The van der Waals surface area contributed by atoms with E-state index in [9.17, 15) is 4.39 Å². The molecule has 0 bridgehead atoms. The van der Waals surface area contributed by atoms with Gasteiger partial charge in [-0.2, -0.15) is 0 Å². The molecule has 0 aliphatic rings. The fraction of sp³-hybridized carbons (Fsp3) is 0.200. The first-order valence-corrected chi connectivity index (χ1v) is 7.13. The summed E-state index contributed by atoms with van der Waals surface area (Å²) in [6.07, 6.45) is 0. The Morgan fingerprint density at radius 1 is 1.11 bits per heavy atom. The first kappa shape index (κ1) is 14.5. The van der Waals surface area contributed by atoms with Gasteiger partial charge in [0.05, 0.1) is 0 Å². The van der Waals surface area contributed by atoms with Gasteiger partial charge in [-0.3, -0.25) is 0 Å².